The average Bonchev–Trinajstić information content (AvgIpc) is 3.35. The second-order valence-corrected chi connectivity index (χ2v) is 8.80. The Morgan fingerprint density at radius 2 is 1.89 bits per heavy atom. The SMILES string of the molecule is Bc1ccc(Nc2ccc([C@@H](C)NC(=O)[C@]3(NC(=O)c4cncnc4)CCOC3)nc2)c(C(F)(F)F)c1. The number of nitrogens with one attached hydrogen (secondary N) is 3. The predicted molar refractivity (Wildman–Crippen MR) is 131 cm³/mol. The standard InChI is InChI=1S/C24H24BF3N6O3/c1-14(32-22(36)23(6-7-37-12-23)34-21(35)15-9-29-13-30-10-15)19-5-3-17(11-31-19)33-20-4-2-16(25)8-18(20)24(26,27)28/h2-5,8-11,13-14,33H,6-7,12,25H2,1H3,(H,32,36)(H,34,35)/t14-,23+/m1/s1. The van der Waals surface area contributed by atoms with E-state index in [4.69, 9.17) is 4.74 Å². The summed E-state index contributed by atoms with van der Waals surface area (Å²) in [5, 5.41) is 8.35. The third-order valence-electron chi connectivity index (χ3n) is 5.97. The maximum Gasteiger partial charge on any atom is 0.418 e. The van der Waals surface area contributed by atoms with Crippen molar-refractivity contribution in [2.75, 3.05) is 18.5 Å². The minimum atomic E-state index is -4.51. The molecule has 9 nitrogen and oxygen atoms in total. The largest absolute Gasteiger partial charge is 0.418 e. The van der Waals surface area contributed by atoms with E-state index < -0.39 is 35.1 Å². The summed E-state index contributed by atoms with van der Waals surface area (Å²) in [6.07, 6.45) is 1.15. The van der Waals surface area contributed by atoms with Crippen LogP contribution in [0, 0.1) is 0 Å². The number of amides is 2. The Kier molecular flexibility index (Phi) is 7.44. The van der Waals surface area contributed by atoms with E-state index in [2.05, 4.69) is 30.9 Å². The molecule has 0 spiro atoms. The highest BCUT2D eigenvalue weighted by Crippen LogP contribution is 2.35. The number of halogens is 3. The predicted octanol–water partition coefficient (Wildman–Crippen LogP) is 1.66. The molecule has 37 heavy (non-hydrogen) atoms. The minimum absolute atomic E-state index is 0.000636. The molecule has 2 aromatic heterocycles. The van der Waals surface area contributed by atoms with Gasteiger partial charge in [0, 0.05) is 25.4 Å². The van der Waals surface area contributed by atoms with Crippen LogP contribution in [0.25, 0.3) is 0 Å². The second-order valence-electron chi connectivity index (χ2n) is 8.80. The van der Waals surface area contributed by atoms with Crippen LogP contribution in [-0.2, 0) is 15.7 Å². The molecule has 1 aliphatic rings. The summed E-state index contributed by atoms with van der Waals surface area (Å²) in [6, 6.07) is 6.66. The van der Waals surface area contributed by atoms with Gasteiger partial charge >= 0.3 is 6.18 Å². The number of alkyl halides is 3. The summed E-state index contributed by atoms with van der Waals surface area (Å²) in [4.78, 5) is 37.8. The lowest BCUT2D eigenvalue weighted by Crippen LogP contribution is -2.59. The molecule has 1 aliphatic heterocycles. The molecule has 0 bridgehead atoms. The zero-order chi connectivity index (χ0) is 26.6. The molecule has 3 aromatic rings. The third-order valence-corrected chi connectivity index (χ3v) is 5.97. The van der Waals surface area contributed by atoms with Crippen LogP contribution >= 0.6 is 0 Å². The lowest BCUT2D eigenvalue weighted by atomic mass is 9.93. The highest BCUT2D eigenvalue weighted by Gasteiger charge is 2.44. The van der Waals surface area contributed by atoms with Crippen molar-refractivity contribution < 1.29 is 27.5 Å². The van der Waals surface area contributed by atoms with Crippen LogP contribution in [-0.4, -0.2) is 53.4 Å². The first-order valence-corrected chi connectivity index (χ1v) is 11.4. The quantitative estimate of drug-likeness (QED) is 0.413. The van der Waals surface area contributed by atoms with Gasteiger partial charge in [0.25, 0.3) is 5.91 Å². The van der Waals surface area contributed by atoms with Gasteiger partial charge < -0.3 is 20.7 Å². The van der Waals surface area contributed by atoms with Crippen molar-refractivity contribution in [1.82, 2.24) is 25.6 Å². The summed E-state index contributed by atoms with van der Waals surface area (Å²) in [7, 11) is 1.59. The van der Waals surface area contributed by atoms with Gasteiger partial charge in [-0.3, -0.25) is 14.6 Å². The molecule has 2 atom stereocenters. The summed E-state index contributed by atoms with van der Waals surface area (Å²) in [5.74, 6) is -0.946. The number of benzene rings is 1. The van der Waals surface area contributed by atoms with Gasteiger partial charge in [0.05, 0.1) is 47.0 Å². The molecule has 0 radical (unpaired) electrons. The number of carbonyl (C=O) groups is 2. The lowest BCUT2D eigenvalue weighted by molar-refractivity contribution is -0.136. The molecular formula is C24H24BF3N6O3. The Bertz CT molecular complexity index is 1270. The van der Waals surface area contributed by atoms with E-state index in [0.29, 0.717) is 23.5 Å². The van der Waals surface area contributed by atoms with Crippen LogP contribution in [0.2, 0.25) is 0 Å². The van der Waals surface area contributed by atoms with Crippen LogP contribution < -0.4 is 21.4 Å². The molecule has 2 amide bonds. The number of carbonyl (C=O) groups excluding carboxylic acids is 2. The monoisotopic (exact) mass is 512 g/mol. The van der Waals surface area contributed by atoms with Crippen LogP contribution in [0.3, 0.4) is 0 Å². The van der Waals surface area contributed by atoms with E-state index >= 15 is 0 Å². The average molecular weight is 512 g/mol. The van der Waals surface area contributed by atoms with Gasteiger partial charge in [-0.1, -0.05) is 17.6 Å². The van der Waals surface area contributed by atoms with Crippen LogP contribution in [0.5, 0.6) is 0 Å². The molecule has 1 aromatic carbocycles. The van der Waals surface area contributed by atoms with E-state index in [1.54, 1.807) is 33.0 Å². The Hall–Kier alpha value is -4.00. The van der Waals surface area contributed by atoms with Gasteiger partial charge in [-0.05, 0) is 25.1 Å². The van der Waals surface area contributed by atoms with Gasteiger partial charge in [0.2, 0.25) is 5.91 Å². The number of nitrogens with zero attached hydrogens (tertiary/aromatic N) is 3. The van der Waals surface area contributed by atoms with Crippen LogP contribution in [0.4, 0.5) is 24.5 Å². The molecule has 1 fully saturated rings. The van der Waals surface area contributed by atoms with E-state index in [1.807, 2.05) is 0 Å². The molecule has 4 rings (SSSR count). The molecule has 1 saturated heterocycles. The van der Waals surface area contributed by atoms with Crippen molar-refractivity contribution in [3.05, 3.63) is 72.1 Å². The van der Waals surface area contributed by atoms with Gasteiger partial charge in [0.15, 0.2) is 0 Å². The molecule has 0 saturated carbocycles. The number of anilines is 2. The maximum atomic E-state index is 13.4. The van der Waals surface area contributed by atoms with Gasteiger partial charge in [0.1, 0.15) is 19.7 Å². The van der Waals surface area contributed by atoms with Gasteiger partial charge in [-0.15, -0.1) is 0 Å². The Morgan fingerprint density at radius 1 is 1.14 bits per heavy atom. The Balaban J connectivity index is 1.44. The smallest absolute Gasteiger partial charge is 0.378 e. The zero-order valence-electron chi connectivity index (χ0n) is 20.1. The lowest BCUT2D eigenvalue weighted by Gasteiger charge is -2.29. The van der Waals surface area contributed by atoms with Crippen molar-refractivity contribution in [3.63, 3.8) is 0 Å². The van der Waals surface area contributed by atoms with E-state index in [-0.39, 0.29) is 24.3 Å². The fraction of sp³-hybridized carbons (Fsp3) is 0.292. The summed E-state index contributed by atoms with van der Waals surface area (Å²) in [5.41, 5.74) is -0.592. The number of pyridine rings is 1. The normalized spacial score (nSPS) is 18.2. The summed E-state index contributed by atoms with van der Waals surface area (Å²) < 4.78 is 45.7. The number of rotatable bonds is 7. The fourth-order valence-electron chi connectivity index (χ4n) is 3.91. The maximum absolute atomic E-state index is 13.4. The Morgan fingerprint density at radius 3 is 2.51 bits per heavy atom. The topological polar surface area (TPSA) is 118 Å². The summed E-state index contributed by atoms with van der Waals surface area (Å²) >= 11 is 0. The van der Waals surface area contributed by atoms with Crippen molar-refractivity contribution in [3.8, 4) is 0 Å². The Labute approximate surface area is 211 Å². The first kappa shape index (κ1) is 26.1. The number of ether oxygens (including phenoxy) is 1. The molecule has 192 valence electrons. The first-order valence-electron chi connectivity index (χ1n) is 11.4. The molecular weight excluding hydrogens is 488 g/mol. The van der Waals surface area contributed by atoms with Crippen molar-refractivity contribution >= 4 is 36.5 Å². The number of hydrogen-bond acceptors (Lipinski definition) is 7. The number of aromatic nitrogens is 3. The number of hydrogen-bond donors (Lipinski definition) is 3. The minimum Gasteiger partial charge on any atom is -0.378 e. The fourth-order valence-corrected chi connectivity index (χ4v) is 3.91. The molecule has 0 unspecified atom stereocenters. The van der Waals surface area contributed by atoms with E-state index in [1.165, 1.54) is 31.0 Å². The van der Waals surface area contributed by atoms with Crippen LogP contribution in [0.1, 0.15) is 41.0 Å². The molecule has 3 N–H and O–H groups in total. The van der Waals surface area contributed by atoms with Gasteiger partial charge in [-0.25, -0.2) is 9.97 Å². The van der Waals surface area contributed by atoms with Crippen molar-refractivity contribution in [2.45, 2.75) is 31.1 Å². The first-order chi connectivity index (χ1) is 17.6. The molecule has 0 aliphatic carbocycles. The van der Waals surface area contributed by atoms with Crippen molar-refractivity contribution in [1.29, 1.82) is 0 Å². The highest BCUT2D eigenvalue weighted by atomic mass is 19.4. The highest BCUT2D eigenvalue weighted by molar-refractivity contribution is 6.32. The molecule has 13 heteroatoms. The van der Waals surface area contributed by atoms with Crippen molar-refractivity contribution in [2.24, 2.45) is 0 Å². The van der Waals surface area contributed by atoms with Gasteiger partial charge in [-0.2, -0.15) is 13.2 Å². The second kappa shape index (κ2) is 10.5. The molecule has 3 heterocycles. The third kappa shape index (κ3) is 6.05. The zero-order valence-corrected chi connectivity index (χ0v) is 20.1. The van der Waals surface area contributed by atoms with E-state index in [0.717, 1.165) is 6.07 Å². The van der Waals surface area contributed by atoms with Crippen LogP contribution in [0.15, 0.2) is 55.2 Å². The van der Waals surface area contributed by atoms with E-state index in [9.17, 15) is 22.8 Å². The summed E-state index contributed by atoms with van der Waals surface area (Å²) in [6.45, 7) is 2.01.